The fourth-order valence-electron chi connectivity index (χ4n) is 0.828. The summed E-state index contributed by atoms with van der Waals surface area (Å²) < 4.78 is 24.4. The highest BCUT2D eigenvalue weighted by molar-refractivity contribution is 6.68. The van der Waals surface area contributed by atoms with Crippen LogP contribution in [-0.4, -0.2) is 15.3 Å². The van der Waals surface area contributed by atoms with E-state index in [1.807, 2.05) is 0 Å². The van der Waals surface area contributed by atoms with Gasteiger partial charge < -0.3 is 5.11 Å². The van der Waals surface area contributed by atoms with E-state index >= 15 is 0 Å². The van der Waals surface area contributed by atoms with Gasteiger partial charge in [-0.3, -0.25) is 4.79 Å². The van der Waals surface area contributed by atoms with E-state index in [-0.39, 0.29) is 5.15 Å². The summed E-state index contributed by atoms with van der Waals surface area (Å²) in [6.07, 6.45) is -3.02. The Morgan fingerprint density at radius 1 is 1.57 bits per heavy atom. The molecule has 76 valence electrons. The van der Waals surface area contributed by atoms with E-state index in [1.54, 1.807) is 0 Å². The molecule has 0 aromatic carbocycles. The van der Waals surface area contributed by atoms with E-state index in [1.165, 1.54) is 0 Å². The molecule has 0 bridgehead atoms. The molecule has 0 spiro atoms. The van der Waals surface area contributed by atoms with E-state index < -0.39 is 28.7 Å². The van der Waals surface area contributed by atoms with Gasteiger partial charge in [-0.1, -0.05) is 11.6 Å². The van der Waals surface area contributed by atoms with Gasteiger partial charge in [-0.15, -0.1) is 0 Å². The van der Waals surface area contributed by atoms with Gasteiger partial charge in [0.1, 0.15) is 5.15 Å². The maximum atomic E-state index is 12.2. The van der Waals surface area contributed by atoms with Gasteiger partial charge in [0.15, 0.2) is 11.4 Å². The summed E-state index contributed by atoms with van der Waals surface area (Å²) >= 11 is 10.4. The predicted octanol–water partition coefficient (Wildman–Crippen LogP) is 2.76. The summed E-state index contributed by atoms with van der Waals surface area (Å²) in [6, 6.07) is 0.915. The van der Waals surface area contributed by atoms with Crippen LogP contribution in [0, 0.1) is 0 Å². The van der Waals surface area contributed by atoms with Crippen molar-refractivity contribution in [3.05, 3.63) is 22.5 Å². The molecule has 1 rings (SSSR count). The molecule has 0 aliphatic heterocycles. The van der Waals surface area contributed by atoms with E-state index in [4.69, 9.17) is 28.3 Å². The van der Waals surface area contributed by atoms with Crippen LogP contribution in [0.5, 0.6) is 5.75 Å². The highest BCUT2D eigenvalue weighted by Crippen LogP contribution is 2.32. The summed E-state index contributed by atoms with van der Waals surface area (Å²) in [7, 11) is 0. The first-order chi connectivity index (χ1) is 6.43. The lowest BCUT2D eigenvalue weighted by molar-refractivity contribution is 0.107. The third-order valence-electron chi connectivity index (χ3n) is 1.41. The van der Waals surface area contributed by atoms with Crippen LogP contribution in [-0.2, 0) is 0 Å². The highest BCUT2D eigenvalue weighted by atomic mass is 35.5. The van der Waals surface area contributed by atoms with E-state index in [9.17, 15) is 13.6 Å². The van der Waals surface area contributed by atoms with Crippen molar-refractivity contribution in [2.75, 3.05) is 0 Å². The molecule has 1 aromatic rings. The van der Waals surface area contributed by atoms with Crippen molar-refractivity contribution >= 4 is 28.4 Å². The zero-order chi connectivity index (χ0) is 10.9. The second kappa shape index (κ2) is 4.06. The van der Waals surface area contributed by atoms with Gasteiger partial charge in [-0.25, -0.2) is 13.8 Å². The number of carbonyl (C=O) groups is 1. The first-order valence-corrected chi connectivity index (χ1v) is 4.06. The Kier molecular flexibility index (Phi) is 3.23. The second-order valence-electron chi connectivity index (χ2n) is 2.30. The first-order valence-electron chi connectivity index (χ1n) is 3.31. The van der Waals surface area contributed by atoms with Crippen molar-refractivity contribution in [2.45, 2.75) is 6.43 Å². The average molecular weight is 242 g/mol. The fraction of sp³-hybridized carbons (Fsp3) is 0.143. The number of alkyl halides is 2. The third-order valence-corrected chi connectivity index (χ3v) is 1.80. The summed E-state index contributed by atoms with van der Waals surface area (Å²) in [5, 5.41) is 7.74. The predicted molar refractivity (Wildman–Crippen MR) is 46.1 cm³/mol. The lowest BCUT2D eigenvalue weighted by Crippen LogP contribution is -1.98. The lowest BCUT2D eigenvalue weighted by Gasteiger charge is -2.05. The van der Waals surface area contributed by atoms with Gasteiger partial charge in [0, 0.05) is 0 Å². The van der Waals surface area contributed by atoms with Gasteiger partial charge in [0.25, 0.3) is 11.7 Å². The number of rotatable bonds is 2. The number of hydrogen-bond donors (Lipinski definition) is 1. The Hall–Kier alpha value is -0.940. The molecule has 0 saturated heterocycles. The zero-order valence-corrected chi connectivity index (χ0v) is 7.98. The summed E-state index contributed by atoms with van der Waals surface area (Å²) in [5.74, 6) is -0.940. The number of halogens is 4. The van der Waals surface area contributed by atoms with Crippen molar-refractivity contribution in [1.82, 2.24) is 4.98 Å². The zero-order valence-electron chi connectivity index (χ0n) is 6.47. The van der Waals surface area contributed by atoms with Gasteiger partial charge >= 0.3 is 0 Å². The molecule has 3 nitrogen and oxygen atoms in total. The normalized spacial score (nSPS) is 10.6. The smallest absolute Gasteiger partial charge is 0.284 e. The molecule has 0 unspecified atom stereocenters. The van der Waals surface area contributed by atoms with E-state index in [2.05, 4.69) is 4.98 Å². The molecule has 0 saturated carbocycles. The number of aromatic hydroxyl groups is 1. The number of hydrogen-bond acceptors (Lipinski definition) is 3. The monoisotopic (exact) mass is 241 g/mol. The molecule has 1 heterocycles. The lowest BCUT2D eigenvalue weighted by atomic mass is 10.2. The number of pyridine rings is 1. The quantitative estimate of drug-likeness (QED) is 0.640. The van der Waals surface area contributed by atoms with Gasteiger partial charge in [-0.05, 0) is 17.7 Å². The van der Waals surface area contributed by atoms with Crippen LogP contribution in [0.1, 0.15) is 22.5 Å². The minimum absolute atomic E-state index is 0.331. The molecule has 1 N–H and O–H groups in total. The fourth-order valence-corrected chi connectivity index (χ4v) is 1.17. The summed E-state index contributed by atoms with van der Waals surface area (Å²) in [5.41, 5.74) is -1.44. The topological polar surface area (TPSA) is 50.2 Å². The second-order valence-corrected chi connectivity index (χ2v) is 3.03. The molecule has 0 aliphatic rings. The van der Waals surface area contributed by atoms with Crippen molar-refractivity contribution in [1.29, 1.82) is 0 Å². The van der Waals surface area contributed by atoms with E-state index in [0.717, 1.165) is 6.07 Å². The first kappa shape index (κ1) is 11.1. The Balaban J connectivity index is 3.40. The van der Waals surface area contributed by atoms with Crippen LogP contribution >= 0.6 is 23.2 Å². The molecule has 1 aromatic heterocycles. The number of nitrogens with zero attached hydrogens (tertiary/aromatic N) is 1. The van der Waals surface area contributed by atoms with Crippen LogP contribution in [0.2, 0.25) is 5.15 Å². The maximum absolute atomic E-state index is 12.2. The van der Waals surface area contributed by atoms with Crippen LogP contribution in [0.4, 0.5) is 8.78 Å². The van der Waals surface area contributed by atoms with Gasteiger partial charge in [0.05, 0.1) is 5.56 Å². The molecule has 0 amide bonds. The molecule has 0 atom stereocenters. The van der Waals surface area contributed by atoms with E-state index in [0.29, 0.717) is 0 Å². The molecule has 0 fully saturated rings. The molecular formula is C7H3Cl2F2NO2. The Morgan fingerprint density at radius 2 is 2.14 bits per heavy atom. The maximum Gasteiger partial charge on any atom is 0.284 e. The Bertz CT molecular complexity index is 384. The van der Waals surface area contributed by atoms with Gasteiger partial charge in [-0.2, -0.15) is 0 Å². The van der Waals surface area contributed by atoms with Crippen molar-refractivity contribution < 1.29 is 18.7 Å². The largest absolute Gasteiger partial charge is 0.505 e. The molecule has 7 heteroatoms. The summed E-state index contributed by atoms with van der Waals surface area (Å²) in [4.78, 5) is 13.8. The van der Waals surface area contributed by atoms with Crippen LogP contribution in [0.3, 0.4) is 0 Å². The minimum Gasteiger partial charge on any atom is -0.505 e. The van der Waals surface area contributed by atoms with Crippen LogP contribution in [0.25, 0.3) is 0 Å². The van der Waals surface area contributed by atoms with Crippen molar-refractivity contribution in [3.63, 3.8) is 0 Å². The average Bonchev–Trinajstić information content (AvgIpc) is 2.07. The van der Waals surface area contributed by atoms with Crippen LogP contribution < -0.4 is 0 Å². The Morgan fingerprint density at radius 3 is 2.57 bits per heavy atom. The number of aromatic nitrogens is 1. The van der Waals surface area contributed by atoms with Crippen molar-refractivity contribution in [2.24, 2.45) is 0 Å². The molecule has 0 radical (unpaired) electrons. The van der Waals surface area contributed by atoms with Crippen LogP contribution in [0.15, 0.2) is 6.07 Å². The highest BCUT2D eigenvalue weighted by Gasteiger charge is 2.21. The third kappa shape index (κ3) is 2.10. The standard InChI is InChI=1S/C7H3Cl2F2NO2/c8-3-1-2(6(9)14)5(13)4(12-3)7(10)11/h1,7,13H. The SMILES string of the molecule is O=C(Cl)c1cc(Cl)nc(C(F)F)c1O. The molecular weight excluding hydrogens is 239 g/mol. The minimum atomic E-state index is -3.02. The summed E-state index contributed by atoms with van der Waals surface area (Å²) in [6.45, 7) is 0. The molecule has 0 aliphatic carbocycles. The molecule has 14 heavy (non-hydrogen) atoms. The number of carbonyl (C=O) groups excluding carboxylic acids is 1. The van der Waals surface area contributed by atoms with Crippen molar-refractivity contribution in [3.8, 4) is 5.75 Å². The van der Waals surface area contributed by atoms with Gasteiger partial charge in [0.2, 0.25) is 0 Å². The Labute approximate surface area is 87.3 Å².